The molecule has 2 aromatic carbocycles. The van der Waals surface area contributed by atoms with Gasteiger partial charge in [-0.3, -0.25) is 19.8 Å². The maximum atomic E-state index is 12.9. The molecule has 1 saturated heterocycles. The Kier molecular flexibility index (Phi) is 5.47. The molecule has 0 aliphatic carbocycles. The molecule has 0 bridgehead atoms. The molecular formula is C17H9Br2ClN2O3S. The number of phenols is 1. The zero-order valence-electron chi connectivity index (χ0n) is 12.8. The van der Waals surface area contributed by atoms with E-state index in [0.717, 1.165) is 4.47 Å². The van der Waals surface area contributed by atoms with Gasteiger partial charge in [0.2, 0.25) is 0 Å². The Morgan fingerprint density at radius 1 is 1.15 bits per heavy atom. The Hall–Kier alpha value is -1.74. The van der Waals surface area contributed by atoms with Crippen LogP contribution in [0.4, 0.5) is 5.69 Å². The van der Waals surface area contributed by atoms with E-state index in [2.05, 4.69) is 37.2 Å². The first kappa shape index (κ1) is 19.0. The van der Waals surface area contributed by atoms with Crippen LogP contribution in [-0.2, 0) is 9.59 Å². The van der Waals surface area contributed by atoms with Gasteiger partial charge in [0, 0.05) is 14.5 Å². The van der Waals surface area contributed by atoms with Crippen LogP contribution >= 0.6 is 55.7 Å². The van der Waals surface area contributed by atoms with Crippen molar-refractivity contribution in [1.82, 2.24) is 5.32 Å². The molecule has 2 amide bonds. The monoisotopic (exact) mass is 514 g/mol. The van der Waals surface area contributed by atoms with Crippen LogP contribution < -0.4 is 10.2 Å². The minimum atomic E-state index is -0.651. The van der Waals surface area contributed by atoms with Crippen LogP contribution in [0.25, 0.3) is 6.08 Å². The molecule has 1 aliphatic rings. The fourth-order valence-corrected chi connectivity index (χ4v) is 3.86. The minimum absolute atomic E-state index is 0.0215. The van der Waals surface area contributed by atoms with Crippen molar-refractivity contribution in [3.63, 3.8) is 0 Å². The van der Waals surface area contributed by atoms with Crippen LogP contribution in [-0.4, -0.2) is 22.0 Å². The van der Waals surface area contributed by atoms with E-state index in [0.29, 0.717) is 10.2 Å². The van der Waals surface area contributed by atoms with Gasteiger partial charge >= 0.3 is 0 Å². The number of phenolic OH excluding ortho intramolecular Hbond substituents is 1. The van der Waals surface area contributed by atoms with Crippen LogP contribution in [0.2, 0.25) is 5.02 Å². The van der Waals surface area contributed by atoms with Gasteiger partial charge in [0.05, 0.1) is 10.7 Å². The quantitative estimate of drug-likeness (QED) is 0.353. The molecule has 9 heteroatoms. The van der Waals surface area contributed by atoms with Crippen molar-refractivity contribution < 1.29 is 14.7 Å². The summed E-state index contributed by atoms with van der Waals surface area (Å²) >= 11 is 17.7. The van der Waals surface area contributed by atoms with Crippen molar-refractivity contribution in [1.29, 1.82) is 0 Å². The van der Waals surface area contributed by atoms with Crippen molar-refractivity contribution in [3.05, 3.63) is 61.5 Å². The third-order valence-electron chi connectivity index (χ3n) is 3.53. The van der Waals surface area contributed by atoms with Gasteiger partial charge in [0.25, 0.3) is 11.8 Å². The lowest BCUT2D eigenvalue weighted by molar-refractivity contribution is -0.122. The van der Waals surface area contributed by atoms with Crippen molar-refractivity contribution in [3.8, 4) is 5.75 Å². The summed E-state index contributed by atoms with van der Waals surface area (Å²) in [6.07, 6.45) is 1.27. The van der Waals surface area contributed by atoms with Crippen molar-refractivity contribution in [2.45, 2.75) is 0 Å². The summed E-state index contributed by atoms with van der Waals surface area (Å²) in [5.41, 5.74) is 0.546. The lowest BCUT2D eigenvalue weighted by atomic mass is 10.1. The molecule has 132 valence electrons. The second-order valence-corrected chi connectivity index (χ2v) is 7.89. The number of carbonyl (C=O) groups is 2. The van der Waals surface area contributed by atoms with E-state index in [1.54, 1.807) is 30.3 Å². The molecule has 26 heavy (non-hydrogen) atoms. The topological polar surface area (TPSA) is 69.6 Å². The first-order valence-electron chi connectivity index (χ1n) is 7.13. The summed E-state index contributed by atoms with van der Waals surface area (Å²) < 4.78 is 1.35. The SMILES string of the molecule is O=C1NC(=S)N(c2cccc(Br)c2)C(=O)/C1=C\c1cc(Br)cc(Cl)c1O. The van der Waals surface area contributed by atoms with E-state index in [9.17, 15) is 14.7 Å². The zero-order valence-corrected chi connectivity index (χ0v) is 17.5. The molecule has 2 aromatic rings. The Morgan fingerprint density at radius 2 is 1.88 bits per heavy atom. The van der Waals surface area contributed by atoms with Crippen LogP contribution in [0.5, 0.6) is 5.75 Å². The van der Waals surface area contributed by atoms with Crippen molar-refractivity contribution >= 4 is 84.4 Å². The lowest BCUT2D eigenvalue weighted by Gasteiger charge is -2.29. The first-order chi connectivity index (χ1) is 12.3. The number of nitrogens with one attached hydrogen (secondary N) is 1. The maximum absolute atomic E-state index is 12.9. The molecule has 1 heterocycles. The lowest BCUT2D eigenvalue weighted by Crippen LogP contribution is -2.54. The predicted octanol–water partition coefficient (Wildman–Crippen LogP) is 4.40. The van der Waals surface area contributed by atoms with Gasteiger partial charge in [0.15, 0.2) is 5.11 Å². The van der Waals surface area contributed by atoms with Crippen LogP contribution in [0.3, 0.4) is 0 Å². The number of nitrogens with zero attached hydrogens (tertiary/aromatic N) is 1. The minimum Gasteiger partial charge on any atom is -0.506 e. The number of benzene rings is 2. The highest BCUT2D eigenvalue weighted by molar-refractivity contribution is 9.10. The second-order valence-electron chi connectivity index (χ2n) is 5.26. The highest BCUT2D eigenvalue weighted by atomic mass is 79.9. The van der Waals surface area contributed by atoms with Crippen molar-refractivity contribution in [2.75, 3.05) is 4.90 Å². The number of hydrogen-bond acceptors (Lipinski definition) is 4. The number of hydrogen-bond donors (Lipinski definition) is 2. The molecule has 0 saturated carbocycles. The summed E-state index contributed by atoms with van der Waals surface area (Å²) in [6.45, 7) is 0. The Bertz CT molecular complexity index is 994. The molecule has 2 N–H and O–H groups in total. The fraction of sp³-hybridized carbons (Fsp3) is 0. The predicted molar refractivity (Wildman–Crippen MR) is 111 cm³/mol. The number of carbonyl (C=O) groups excluding carboxylic acids is 2. The Labute approximate surface area is 175 Å². The number of rotatable bonds is 2. The van der Waals surface area contributed by atoms with E-state index in [1.165, 1.54) is 17.0 Å². The Balaban J connectivity index is 2.09. The van der Waals surface area contributed by atoms with E-state index < -0.39 is 11.8 Å². The number of anilines is 1. The maximum Gasteiger partial charge on any atom is 0.270 e. The average Bonchev–Trinajstić information content (AvgIpc) is 2.55. The van der Waals surface area contributed by atoms with Gasteiger partial charge in [-0.05, 0) is 48.6 Å². The van der Waals surface area contributed by atoms with Crippen LogP contribution in [0, 0.1) is 0 Å². The first-order valence-corrected chi connectivity index (χ1v) is 9.50. The van der Waals surface area contributed by atoms with Crippen LogP contribution in [0.15, 0.2) is 50.9 Å². The fourth-order valence-electron chi connectivity index (χ4n) is 2.36. The summed E-state index contributed by atoms with van der Waals surface area (Å²) in [6, 6.07) is 9.99. The van der Waals surface area contributed by atoms with E-state index in [-0.39, 0.29) is 27.0 Å². The van der Waals surface area contributed by atoms with Crippen molar-refractivity contribution in [2.24, 2.45) is 0 Å². The number of halogens is 3. The molecule has 0 unspecified atom stereocenters. The van der Waals surface area contributed by atoms with Crippen LogP contribution in [0.1, 0.15) is 5.56 Å². The second kappa shape index (κ2) is 7.48. The molecule has 0 spiro atoms. The Morgan fingerprint density at radius 3 is 2.58 bits per heavy atom. The van der Waals surface area contributed by atoms with Gasteiger partial charge in [-0.1, -0.05) is 49.5 Å². The van der Waals surface area contributed by atoms with Gasteiger partial charge in [-0.2, -0.15) is 0 Å². The number of amides is 2. The highest BCUT2D eigenvalue weighted by Gasteiger charge is 2.34. The summed E-state index contributed by atoms with van der Waals surface area (Å²) in [4.78, 5) is 26.4. The molecular weight excluding hydrogens is 508 g/mol. The molecule has 1 fully saturated rings. The van der Waals surface area contributed by atoms with E-state index in [1.807, 2.05) is 0 Å². The summed E-state index contributed by atoms with van der Waals surface area (Å²) in [7, 11) is 0. The summed E-state index contributed by atoms with van der Waals surface area (Å²) in [5, 5.41) is 12.7. The molecule has 3 rings (SSSR count). The highest BCUT2D eigenvalue weighted by Crippen LogP contribution is 2.33. The third-order valence-corrected chi connectivity index (χ3v) is 5.05. The average molecular weight is 517 g/mol. The molecule has 0 radical (unpaired) electrons. The van der Waals surface area contributed by atoms with Gasteiger partial charge in [0.1, 0.15) is 11.3 Å². The normalized spacial score (nSPS) is 16.2. The van der Waals surface area contributed by atoms with E-state index in [4.69, 9.17) is 23.8 Å². The largest absolute Gasteiger partial charge is 0.506 e. The van der Waals surface area contributed by atoms with E-state index >= 15 is 0 Å². The zero-order chi connectivity index (χ0) is 19.0. The number of aromatic hydroxyl groups is 1. The third kappa shape index (κ3) is 3.68. The molecule has 1 aliphatic heterocycles. The van der Waals surface area contributed by atoms with Gasteiger partial charge in [-0.15, -0.1) is 0 Å². The van der Waals surface area contributed by atoms with Gasteiger partial charge < -0.3 is 5.11 Å². The molecule has 0 atom stereocenters. The standard InChI is InChI=1S/C17H9Br2ClN2O3S/c18-9-2-1-3-11(6-9)22-16(25)12(15(24)21-17(22)26)5-8-4-10(19)7-13(20)14(8)23/h1-7,23H,(H,21,24,26)/b12-5-. The molecule has 0 aromatic heterocycles. The summed E-state index contributed by atoms with van der Waals surface area (Å²) in [5.74, 6) is -1.49. The molecule has 5 nitrogen and oxygen atoms in total. The van der Waals surface area contributed by atoms with Gasteiger partial charge in [-0.25, -0.2) is 0 Å². The number of thiocarbonyl (C=S) groups is 1. The smallest absolute Gasteiger partial charge is 0.270 e.